The van der Waals surface area contributed by atoms with E-state index in [9.17, 15) is 28.1 Å². The van der Waals surface area contributed by atoms with Crippen molar-refractivity contribution >= 4 is 56.4 Å². The number of rotatable bonds is 14. The highest BCUT2D eigenvalue weighted by Crippen LogP contribution is 2.34. The second kappa shape index (κ2) is 15.2. The molecule has 3 aromatic carbocycles. The number of anilines is 1. The Morgan fingerprint density at radius 2 is 1.70 bits per heavy atom. The summed E-state index contributed by atoms with van der Waals surface area (Å²) in [5.41, 5.74) is 0.713. The van der Waals surface area contributed by atoms with E-state index >= 15 is 0 Å². The normalized spacial score (nSPS) is 12.6. The molecule has 0 heterocycles. The van der Waals surface area contributed by atoms with Crippen LogP contribution in [0.25, 0.3) is 0 Å². The van der Waals surface area contributed by atoms with Crippen molar-refractivity contribution in [1.29, 1.82) is 0 Å². The van der Waals surface area contributed by atoms with Crippen LogP contribution < -0.4 is 14.4 Å². The summed E-state index contributed by atoms with van der Waals surface area (Å²) in [5, 5.41) is 15.0. The van der Waals surface area contributed by atoms with Crippen LogP contribution in [0.1, 0.15) is 31.4 Å². The first kappa shape index (κ1) is 34.6. The lowest BCUT2D eigenvalue weighted by Gasteiger charge is -2.34. The number of sulfonamides is 1. The van der Waals surface area contributed by atoms with Crippen LogP contribution in [-0.2, 0) is 32.6 Å². The lowest BCUT2D eigenvalue weighted by molar-refractivity contribution is -0.384. The molecule has 0 bridgehead atoms. The SMILES string of the molecule is CC[C@@H](C)NC(=O)[C@@H](Cc1ccccc1)N(Cc1ccc(Cl)c(Cl)c1)C(=O)CN(c1cc([N+](=O)[O-])ccc1OC)S(C)(=O)=O. The van der Waals surface area contributed by atoms with Crippen molar-refractivity contribution in [3.63, 3.8) is 0 Å². The zero-order chi connectivity index (χ0) is 32.6. The maximum absolute atomic E-state index is 14.2. The summed E-state index contributed by atoms with van der Waals surface area (Å²) in [7, 11) is -2.91. The quantitative estimate of drug-likeness (QED) is 0.184. The lowest BCUT2D eigenvalue weighted by atomic mass is 10.0. The van der Waals surface area contributed by atoms with Crippen molar-refractivity contribution in [3.05, 3.63) is 98.0 Å². The molecular formula is C30H34Cl2N4O7S. The fourth-order valence-corrected chi connectivity index (χ4v) is 5.58. The number of carbonyl (C=O) groups excluding carboxylic acids is 2. The van der Waals surface area contributed by atoms with Gasteiger partial charge < -0.3 is 15.0 Å². The van der Waals surface area contributed by atoms with Crippen molar-refractivity contribution in [1.82, 2.24) is 10.2 Å². The van der Waals surface area contributed by atoms with Crippen molar-refractivity contribution in [2.24, 2.45) is 0 Å². The molecule has 1 N–H and O–H groups in total. The highest BCUT2D eigenvalue weighted by atomic mass is 35.5. The number of nitrogens with one attached hydrogen (secondary N) is 1. The number of methoxy groups -OCH3 is 1. The van der Waals surface area contributed by atoms with E-state index in [2.05, 4.69) is 5.32 Å². The molecule has 3 aromatic rings. The van der Waals surface area contributed by atoms with E-state index in [1.54, 1.807) is 18.2 Å². The van der Waals surface area contributed by atoms with E-state index in [1.807, 2.05) is 44.2 Å². The minimum atomic E-state index is -4.19. The van der Waals surface area contributed by atoms with Crippen LogP contribution in [0.3, 0.4) is 0 Å². The Kier molecular flexibility index (Phi) is 12.0. The Morgan fingerprint density at radius 3 is 2.27 bits per heavy atom. The number of halogens is 2. The molecule has 0 aliphatic carbocycles. The lowest BCUT2D eigenvalue weighted by Crippen LogP contribution is -2.54. The number of benzene rings is 3. The molecule has 11 nitrogen and oxygen atoms in total. The Bertz CT molecular complexity index is 1610. The summed E-state index contributed by atoms with van der Waals surface area (Å²) in [6.07, 6.45) is 1.63. The van der Waals surface area contributed by atoms with Gasteiger partial charge in [-0.2, -0.15) is 0 Å². The van der Waals surface area contributed by atoms with E-state index in [4.69, 9.17) is 27.9 Å². The number of hydrogen-bond acceptors (Lipinski definition) is 7. The first-order valence-corrected chi connectivity index (χ1v) is 16.2. The molecule has 2 atom stereocenters. The summed E-state index contributed by atoms with van der Waals surface area (Å²) in [6, 6.07) is 16.0. The number of carbonyl (C=O) groups is 2. The third-order valence-electron chi connectivity index (χ3n) is 6.93. The Hall–Kier alpha value is -3.87. The van der Waals surface area contributed by atoms with Crippen LogP contribution >= 0.6 is 23.2 Å². The summed E-state index contributed by atoms with van der Waals surface area (Å²) < 4.78 is 32.2. The highest BCUT2D eigenvalue weighted by molar-refractivity contribution is 7.92. The average Bonchev–Trinajstić information content (AvgIpc) is 2.98. The zero-order valence-corrected chi connectivity index (χ0v) is 27.0. The number of non-ortho nitro benzene ring substituents is 1. The van der Waals surface area contributed by atoms with Gasteiger partial charge in [0, 0.05) is 31.1 Å². The summed E-state index contributed by atoms with van der Waals surface area (Å²) in [6.45, 7) is 2.85. The van der Waals surface area contributed by atoms with Gasteiger partial charge in [0.2, 0.25) is 21.8 Å². The monoisotopic (exact) mass is 664 g/mol. The maximum Gasteiger partial charge on any atom is 0.271 e. The van der Waals surface area contributed by atoms with Gasteiger partial charge in [-0.3, -0.25) is 24.0 Å². The molecule has 0 spiro atoms. The van der Waals surface area contributed by atoms with Gasteiger partial charge in [0.25, 0.3) is 5.69 Å². The highest BCUT2D eigenvalue weighted by Gasteiger charge is 2.34. The molecular weight excluding hydrogens is 631 g/mol. The number of nitro groups is 1. The number of nitro benzene ring substituents is 1. The fourth-order valence-electron chi connectivity index (χ4n) is 4.41. The molecule has 0 aliphatic rings. The molecule has 236 valence electrons. The van der Waals surface area contributed by atoms with Gasteiger partial charge in [0.15, 0.2) is 0 Å². The number of amides is 2. The van der Waals surface area contributed by atoms with Crippen LogP contribution in [0.15, 0.2) is 66.7 Å². The molecule has 0 saturated carbocycles. The molecule has 0 fully saturated rings. The van der Waals surface area contributed by atoms with Gasteiger partial charge >= 0.3 is 0 Å². The first-order valence-electron chi connectivity index (χ1n) is 13.6. The van der Waals surface area contributed by atoms with Gasteiger partial charge in [-0.15, -0.1) is 0 Å². The number of hydrogen-bond donors (Lipinski definition) is 1. The predicted molar refractivity (Wildman–Crippen MR) is 171 cm³/mol. The standard InChI is InChI=1S/C30H34Cl2N4O7S/c1-5-20(2)33-30(38)27(16-21-9-7-6-8-10-21)34(18-22-11-13-24(31)25(32)15-22)29(37)19-35(44(4,41)42)26-17-23(36(39)40)12-14-28(26)43-3/h6-15,17,20,27H,5,16,18-19H2,1-4H3,(H,33,38)/t20-,27-/m1/s1. The molecule has 3 rings (SSSR count). The molecule has 14 heteroatoms. The largest absolute Gasteiger partial charge is 0.495 e. The van der Waals surface area contributed by atoms with Gasteiger partial charge in [-0.25, -0.2) is 8.42 Å². The minimum absolute atomic E-state index is 0.000192. The third kappa shape index (κ3) is 9.07. The van der Waals surface area contributed by atoms with Gasteiger partial charge in [0.1, 0.15) is 24.0 Å². The van der Waals surface area contributed by atoms with Crippen LogP contribution in [0.2, 0.25) is 10.0 Å². The van der Waals surface area contributed by atoms with E-state index in [0.717, 1.165) is 28.3 Å². The van der Waals surface area contributed by atoms with E-state index in [-0.39, 0.29) is 35.5 Å². The second-order valence-electron chi connectivity index (χ2n) is 10.2. The van der Waals surface area contributed by atoms with Crippen LogP contribution in [-0.4, -0.2) is 62.0 Å². The minimum Gasteiger partial charge on any atom is -0.495 e. The summed E-state index contributed by atoms with van der Waals surface area (Å²) in [4.78, 5) is 40.1. The smallest absolute Gasteiger partial charge is 0.271 e. The van der Waals surface area contributed by atoms with Crippen molar-refractivity contribution in [3.8, 4) is 5.75 Å². The Balaban J connectivity index is 2.15. The summed E-state index contributed by atoms with van der Waals surface area (Å²) in [5.74, 6) is -1.18. The van der Waals surface area contributed by atoms with Gasteiger partial charge in [-0.05, 0) is 42.7 Å². The number of ether oxygens (including phenoxy) is 1. The molecule has 0 saturated heterocycles. The molecule has 0 unspecified atom stereocenters. The Morgan fingerprint density at radius 1 is 1.02 bits per heavy atom. The molecule has 0 radical (unpaired) electrons. The predicted octanol–water partition coefficient (Wildman–Crippen LogP) is 5.23. The average molecular weight is 666 g/mol. The van der Waals surface area contributed by atoms with Gasteiger partial charge in [0.05, 0.1) is 28.3 Å². The zero-order valence-electron chi connectivity index (χ0n) is 24.7. The van der Waals surface area contributed by atoms with Crippen molar-refractivity contribution in [2.75, 3.05) is 24.2 Å². The molecule has 44 heavy (non-hydrogen) atoms. The fraction of sp³-hybridized carbons (Fsp3) is 0.333. The first-order chi connectivity index (χ1) is 20.7. The van der Waals surface area contributed by atoms with E-state index in [1.165, 1.54) is 18.1 Å². The molecule has 0 aliphatic heterocycles. The molecule has 0 aromatic heterocycles. The van der Waals surface area contributed by atoms with E-state index in [0.29, 0.717) is 17.0 Å². The molecule has 2 amide bonds. The second-order valence-corrected chi connectivity index (χ2v) is 12.9. The van der Waals surface area contributed by atoms with Gasteiger partial charge in [-0.1, -0.05) is 66.5 Å². The summed E-state index contributed by atoms with van der Waals surface area (Å²) >= 11 is 12.4. The van der Waals surface area contributed by atoms with Crippen LogP contribution in [0, 0.1) is 10.1 Å². The van der Waals surface area contributed by atoms with E-state index < -0.39 is 45.0 Å². The van der Waals surface area contributed by atoms with Crippen molar-refractivity contribution < 1.29 is 27.7 Å². The van der Waals surface area contributed by atoms with Crippen LogP contribution in [0.5, 0.6) is 5.75 Å². The topological polar surface area (TPSA) is 139 Å². The Labute approximate surface area is 266 Å². The third-order valence-corrected chi connectivity index (χ3v) is 8.80. The van der Waals surface area contributed by atoms with Crippen molar-refractivity contribution in [2.45, 2.75) is 45.3 Å². The van der Waals surface area contributed by atoms with Crippen LogP contribution in [0.4, 0.5) is 11.4 Å². The number of nitrogens with zero attached hydrogens (tertiary/aromatic N) is 3. The maximum atomic E-state index is 14.2.